The predicted molar refractivity (Wildman–Crippen MR) is 112 cm³/mol. The van der Waals surface area contributed by atoms with E-state index < -0.39 is 10.1 Å². The van der Waals surface area contributed by atoms with Crippen LogP contribution in [0.3, 0.4) is 0 Å². The maximum Gasteiger partial charge on any atom is 0.340 e. The molecule has 0 saturated carbocycles. The number of rotatable bonds is 8. The zero-order valence-corrected chi connectivity index (χ0v) is 17.3. The third kappa shape index (κ3) is 5.99. The van der Waals surface area contributed by atoms with E-state index in [9.17, 15) is 8.42 Å². The van der Waals surface area contributed by atoms with Crippen LogP contribution in [0.1, 0.15) is 0 Å². The van der Waals surface area contributed by atoms with Crippen molar-refractivity contribution < 1.29 is 17.3 Å². The number of piperazine rings is 1. The third-order valence-corrected chi connectivity index (χ3v) is 6.18. The van der Waals surface area contributed by atoms with Gasteiger partial charge in [0.2, 0.25) is 0 Å². The van der Waals surface area contributed by atoms with E-state index in [1.54, 1.807) is 42.7 Å². The van der Waals surface area contributed by atoms with Crippen molar-refractivity contribution in [3.63, 3.8) is 0 Å². The smallest absolute Gasteiger partial charge is 0.340 e. The first-order chi connectivity index (χ1) is 14.0. The molecule has 10 heteroatoms. The van der Waals surface area contributed by atoms with Crippen LogP contribution in [0, 0.1) is 0 Å². The molecule has 1 saturated heterocycles. The number of nitrogens with two attached hydrogens (primary N) is 1. The maximum absolute atomic E-state index is 12.5. The van der Waals surface area contributed by atoms with Crippen LogP contribution in [-0.2, 0) is 10.1 Å². The second-order valence-corrected chi connectivity index (χ2v) is 8.36. The monoisotopic (exact) mass is 438 g/mol. The van der Waals surface area contributed by atoms with Crippen molar-refractivity contribution in [1.29, 1.82) is 0 Å². The Morgan fingerprint density at radius 3 is 2.52 bits per heavy atom. The standard InChI is InChI=1S/C19H23ClN4O4S/c20-18-6-1-2-7-19(18)29(25,26)28-17-5-3-4-16(14-17)27-13-12-23-8-10-24(11-9-23)15-22-21/h1-7,14-15H,8-13,21H2. The van der Waals surface area contributed by atoms with Gasteiger partial charge in [-0.1, -0.05) is 29.8 Å². The lowest BCUT2D eigenvalue weighted by Gasteiger charge is -2.33. The van der Waals surface area contributed by atoms with Crippen molar-refractivity contribution in [3.05, 3.63) is 53.6 Å². The van der Waals surface area contributed by atoms with E-state index in [1.807, 2.05) is 0 Å². The summed E-state index contributed by atoms with van der Waals surface area (Å²) in [4.78, 5) is 4.27. The van der Waals surface area contributed by atoms with E-state index in [1.165, 1.54) is 12.1 Å². The highest BCUT2D eigenvalue weighted by molar-refractivity contribution is 7.87. The number of nitrogens with zero attached hydrogens (tertiary/aromatic N) is 3. The molecule has 0 aromatic heterocycles. The molecule has 3 rings (SSSR count). The molecule has 0 aliphatic carbocycles. The van der Waals surface area contributed by atoms with Gasteiger partial charge >= 0.3 is 10.1 Å². The van der Waals surface area contributed by atoms with Crippen LogP contribution in [0.5, 0.6) is 11.5 Å². The molecule has 1 heterocycles. The second kappa shape index (κ2) is 9.82. The molecule has 0 spiro atoms. The summed E-state index contributed by atoms with van der Waals surface area (Å²) in [6.45, 7) is 4.76. The van der Waals surface area contributed by atoms with E-state index in [0.717, 1.165) is 32.7 Å². The summed E-state index contributed by atoms with van der Waals surface area (Å²) in [5.41, 5.74) is 0. The molecule has 0 amide bonds. The minimum atomic E-state index is -4.03. The quantitative estimate of drug-likeness (QED) is 0.221. The lowest BCUT2D eigenvalue weighted by Crippen LogP contribution is -2.46. The lowest BCUT2D eigenvalue weighted by atomic mass is 10.3. The molecular formula is C19H23ClN4O4S. The first-order valence-corrected chi connectivity index (χ1v) is 10.9. The first-order valence-electron chi connectivity index (χ1n) is 9.09. The van der Waals surface area contributed by atoms with Gasteiger partial charge in [-0.05, 0) is 24.3 Å². The summed E-state index contributed by atoms with van der Waals surface area (Å²) < 4.78 is 35.9. The van der Waals surface area contributed by atoms with Crippen LogP contribution in [0.15, 0.2) is 58.5 Å². The van der Waals surface area contributed by atoms with Crippen LogP contribution in [0.4, 0.5) is 0 Å². The van der Waals surface area contributed by atoms with E-state index in [2.05, 4.69) is 14.9 Å². The van der Waals surface area contributed by atoms with Crippen LogP contribution >= 0.6 is 11.6 Å². The minimum absolute atomic E-state index is 0.0770. The fraction of sp³-hybridized carbons (Fsp3) is 0.316. The third-order valence-electron chi connectivity index (χ3n) is 4.43. The van der Waals surface area contributed by atoms with Crippen molar-refractivity contribution in [2.75, 3.05) is 39.3 Å². The molecule has 1 fully saturated rings. The second-order valence-electron chi connectivity index (χ2n) is 6.43. The number of hydrogen-bond donors (Lipinski definition) is 1. The van der Waals surface area contributed by atoms with Gasteiger partial charge in [-0.3, -0.25) is 4.90 Å². The molecule has 29 heavy (non-hydrogen) atoms. The van der Waals surface area contributed by atoms with Gasteiger partial charge in [0.1, 0.15) is 29.3 Å². The van der Waals surface area contributed by atoms with Crippen molar-refractivity contribution in [3.8, 4) is 11.5 Å². The highest BCUT2D eigenvalue weighted by atomic mass is 35.5. The lowest BCUT2D eigenvalue weighted by molar-refractivity contribution is 0.156. The molecule has 0 bridgehead atoms. The molecule has 8 nitrogen and oxygen atoms in total. The number of benzene rings is 2. The zero-order chi connectivity index (χ0) is 20.7. The molecule has 2 aromatic carbocycles. The van der Waals surface area contributed by atoms with Gasteiger partial charge in [0.15, 0.2) is 0 Å². The van der Waals surface area contributed by atoms with E-state index in [0.29, 0.717) is 12.4 Å². The van der Waals surface area contributed by atoms with Crippen LogP contribution in [0.25, 0.3) is 0 Å². The fourth-order valence-corrected chi connectivity index (χ4v) is 4.34. The van der Waals surface area contributed by atoms with Gasteiger partial charge in [0, 0.05) is 38.8 Å². The van der Waals surface area contributed by atoms with Crippen LogP contribution in [0.2, 0.25) is 5.02 Å². The predicted octanol–water partition coefficient (Wildman–Crippen LogP) is 2.01. The number of hydrazone groups is 1. The van der Waals surface area contributed by atoms with Gasteiger partial charge in [-0.15, -0.1) is 0 Å². The molecule has 0 unspecified atom stereocenters. The molecule has 0 radical (unpaired) electrons. The maximum atomic E-state index is 12.5. The Morgan fingerprint density at radius 2 is 1.79 bits per heavy atom. The summed E-state index contributed by atoms with van der Waals surface area (Å²) in [6.07, 6.45) is 1.65. The molecule has 1 aliphatic rings. The average molecular weight is 439 g/mol. The average Bonchev–Trinajstić information content (AvgIpc) is 2.70. The highest BCUT2D eigenvalue weighted by Crippen LogP contribution is 2.26. The highest BCUT2D eigenvalue weighted by Gasteiger charge is 2.20. The number of ether oxygens (including phenoxy) is 1. The van der Waals surface area contributed by atoms with Crippen molar-refractivity contribution >= 4 is 28.1 Å². The zero-order valence-electron chi connectivity index (χ0n) is 15.8. The normalized spacial score (nSPS) is 15.6. The van der Waals surface area contributed by atoms with Crippen LogP contribution < -0.4 is 14.8 Å². The SMILES string of the molecule is NN=CN1CCN(CCOc2cccc(OS(=O)(=O)c3ccccc3Cl)c2)CC1. The fourth-order valence-electron chi connectivity index (χ4n) is 2.92. The molecule has 156 valence electrons. The van der Waals surface area contributed by atoms with Gasteiger partial charge in [0.05, 0.1) is 5.02 Å². The summed E-state index contributed by atoms with van der Waals surface area (Å²) in [5, 5.41) is 3.65. The summed E-state index contributed by atoms with van der Waals surface area (Å²) in [6, 6.07) is 12.7. The van der Waals surface area contributed by atoms with E-state index >= 15 is 0 Å². The van der Waals surface area contributed by atoms with Crippen molar-refractivity contribution in [2.45, 2.75) is 4.90 Å². The molecule has 0 atom stereocenters. The van der Waals surface area contributed by atoms with Crippen molar-refractivity contribution in [2.24, 2.45) is 10.9 Å². The van der Waals surface area contributed by atoms with Crippen molar-refractivity contribution in [1.82, 2.24) is 9.80 Å². The van der Waals surface area contributed by atoms with E-state index in [4.69, 9.17) is 26.4 Å². The first kappa shape index (κ1) is 21.2. The van der Waals surface area contributed by atoms with Gasteiger partial charge in [-0.25, -0.2) is 0 Å². The van der Waals surface area contributed by atoms with Gasteiger partial charge < -0.3 is 19.7 Å². The minimum Gasteiger partial charge on any atom is -0.492 e. The number of halogens is 1. The van der Waals surface area contributed by atoms with Crippen LogP contribution in [-0.4, -0.2) is 63.9 Å². The molecular weight excluding hydrogens is 416 g/mol. The summed E-state index contributed by atoms with van der Waals surface area (Å²) in [5.74, 6) is 5.87. The van der Waals surface area contributed by atoms with Gasteiger partial charge in [0.25, 0.3) is 0 Å². The van der Waals surface area contributed by atoms with Gasteiger partial charge in [-0.2, -0.15) is 13.5 Å². The topological polar surface area (TPSA) is 97.5 Å². The Bertz CT molecular complexity index is 947. The Balaban J connectivity index is 1.53. The molecule has 1 aliphatic heterocycles. The Kier molecular flexibility index (Phi) is 7.18. The summed E-state index contributed by atoms with van der Waals surface area (Å²) >= 11 is 5.97. The van der Waals surface area contributed by atoms with E-state index in [-0.39, 0.29) is 15.7 Å². The molecule has 2 N–H and O–H groups in total. The Hall–Kier alpha value is -2.49. The Labute approximate surface area is 175 Å². The summed E-state index contributed by atoms with van der Waals surface area (Å²) in [7, 11) is -4.03. The Morgan fingerprint density at radius 1 is 1.07 bits per heavy atom. The largest absolute Gasteiger partial charge is 0.492 e. The number of hydrogen-bond acceptors (Lipinski definition) is 7. The molecule has 2 aromatic rings.